The Bertz CT molecular complexity index is 303. The third-order valence-electron chi connectivity index (χ3n) is 1.83. The number of rotatable bonds is 3. The fourth-order valence-corrected chi connectivity index (χ4v) is 1.28. The molecule has 0 spiro atoms. The van der Waals surface area contributed by atoms with Gasteiger partial charge in [0.25, 0.3) is 0 Å². The van der Waals surface area contributed by atoms with Gasteiger partial charge < -0.3 is 0 Å². The van der Waals surface area contributed by atoms with Crippen LogP contribution >= 0.6 is 11.6 Å². The molecule has 0 fully saturated rings. The molecule has 0 aromatic heterocycles. The van der Waals surface area contributed by atoms with E-state index in [1.165, 1.54) is 5.54 Å². The average Bonchev–Trinajstić information content (AvgIpc) is 2.18. The summed E-state index contributed by atoms with van der Waals surface area (Å²) in [5, 5.41) is 0. The van der Waals surface area contributed by atoms with E-state index in [2.05, 4.69) is 0 Å². The molecule has 0 bridgehead atoms. The van der Waals surface area contributed by atoms with E-state index in [1.54, 1.807) is 18.2 Å². The standard InChI is InChI=1S/C11H11ClO/c1-9(7-8-12)11(13)10-5-3-2-4-6-10/h2-9H,1H3/b8-7-. The van der Waals surface area contributed by atoms with Crippen LogP contribution in [-0.4, -0.2) is 5.78 Å². The number of halogens is 1. The zero-order valence-corrected chi connectivity index (χ0v) is 8.16. The Labute approximate surface area is 83.0 Å². The van der Waals surface area contributed by atoms with Crippen molar-refractivity contribution in [3.05, 3.63) is 47.5 Å². The highest BCUT2D eigenvalue weighted by atomic mass is 35.5. The molecule has 1 atom stereocenters. The molecule has 0 N–H and O–H groups in total. The van der Waals surface area contributed by atoms with E-state index < -0.39 is 0 Å². The molecule has 0 aliphatic carbocycles. The largest absolute Gasteiger partial charge is 0.294 e. The van der Waals surface area contributed by atoms with Gasteiger partial charge in [0.05, 0.1) is 0 Å². The summed E-state index contributed by atoms with van der Waals surface area (Å²) in [6.45, 7) is 1.83. The van der Waals surface area contributed by atoms with Crippen molar-refractivity contribution < 1.29 is 4.79 Å². The van der Waals surface area contributed by atoms with Crippen molar-refractivity contribution in [2.24, 2.45) is 5.92 Å². The van der Waals surface area contributed by atoms with Crippen molar-refractivity contribution in [3.8, 4) is 0 Å². The van der Waals surface area contributed by atoms with Gasteiger partial charge in [0.2, 0.25) is 0 Å². The molecule has 0 heterocycles. The minimum atomic E-state index is -0.153. The Kier molecular flexibility index (Phi) is 3.71. The number of carbonyl (C=O) groups is 1. The van der Waals surface area contributed by atoms with Crippen molar-refractivity contribution in [3.63, 3.8) is 0 Å². The fraction of sp³-hybridized carbons (Fsp3) is 0.182. The second-order valence-electron chi connectivity index (χ2n) is 2.84. The second kappa shape index (κ2) is 4.83. The van der Waals surface area contributed by atoms with E-state index in [4.69, 9.17) is 11.6 Å². The minimum absolute atomic E-state index is 0.0949. The lowest BCUT2D eigenvalue weighted by Gasteiger charge is -2.03. The molecular formula is C11H11ClO. The Morgan fingerprint density at radius 3 is 2.54 bits per heavy atom. The molecule has 1 unspecified atom stereocenters. The Hall–Kier alpha value is -1.08. The first-order chi connectivity index (χ1) is 6.25. The SMILES string of the molecule is CC(/C=C\Cl)C(=O)c1ccccc1. The molecule has 0 aliphatic heterocycles. The summed E-state index contributed by atoms with van der Waals surface area (Å²) >= 11 is 5.40. The highest BCUT2D eigenvalue weighted by Gasteiger charge is 2.10. The monoisotopic (exact) mass is 194 g/mol. The molecule has 0 saturated carbocycles. The zero-order chi connectivity index (χ0) is 9.68. The van der Waals surface area contributed by atoms with Crippen LogP contribution in [-0.2, 0) is 0 Å². The molecule has 0 radical (unpaired) electrons. The van der Waals surface area contributed by atoms with Gasteiger partial charge in [-0.15, -0.1) is 0 Å². The Balaban J connectivity index is 2.80. The predicted molar refractivity (Wildman–Crippen MR) is 54.9 cm³/mol. The highest BCUT2D eigenvalue weighted by molar-refractivity contribution is 6.25. The first kappa shape index (κ1) is 10.0. The van der Waals surface area contributed by atoms with Crippen LogP contribution in [0.1, 0.15) is 17.3 Å². The van der Waals surface area contributed by atoms with E-state index in [9.17, 15) is 4.79 Å². The molecule has 0 saturated heterocycles. The predicted octanol–water partition coefficient (Wildman–Crippen LogP) is 3.26. The summed E-state index contributed by atoms with van der Waals surface area (Å²) in [4.78, 5) is 11.6. The summed E-state index contributed by atoms with van der Waals surface area (Å²) in [6, 6.07) is 9.20. The summed E-state index contributed by atoms with van der Waals surface area (Å²) in [5.41, 5.74) is 2.11. The van der Waals surface area contributed by atoms with E-state index in [0.717, 1.165) is 5.56 Å². The molecule has 68 valence electrons. The maximum absolute atomic E-state index is 11.6. The molecule has 1 nitrogen and oxygen atoms in total. The quantitative estimate of drug-likeness (QED) is 0.675. The van der Waals surface area contributed by atoms with Gasteiger partial charge in [-0.1, -0.05) is 54.9 Å². The number of hydrogen-bond donors (Lipinski definition) is 0. The van der Waals surface area contributed by atoms with Crippen LogP contribution in [0.15, 0.2) is 41.9 Å². The van der Waals surface area contributed by atoms with Crippen LogP contribution in [0.5, 0.6) is 0 Å². The lowest BCUT2D eigenvalue weighted by atomic mass is 10.00. The molecule has 0 aliphatic rings. The van der Waals surface area contributed by atoms with Gasteiger partial charge in [-0.3, -0.25) is 4.79 Å². The maximum atomic E-state index is 11.6. The first-order valence-electron chi connectivity index (χ1n) is 4.12. The summed E-state index contributed by atoms with van der Waals surface area (Å²) in [7, 11) is 0. The molecule has 2 heteroatoms. The third kappa shape index (κ3) is 2.71. The lowest BCUT2D eigenvalue weighted by Crippen LogP contribution is -2.08. The van der Waals surface area contributed by atoms with Crippen molar-refractivity contribution >= 4 is 17.4 Å². The van der Waals surface area contributed by atoms with Gasteiger partial charge in [-0.2, -0.15) is 0 Å². The van der Waals surface area contributed by atoms with Gasteiger partial charge >= 0.3 is 0 Å². The molecular weight excluding hydrogens is 184 g/mol. The van der Waals surface area contributed by atoms with Gasteiger partial charge in [-0.05, 0) is 0 Å². The smallest absolute Gasteiger partial charge is 0.169 e. The van der Waals surface area contributed by atoms with Crippen LogP contribution < -0.4 is 0 Å². The number of hydrogen-bond acceptors (Lipinski definition) is 1. The topological polar surface area (TPSA) is 17.1 Å². The van der Waals surface area contributed by atoms with E-state index in [1.807, 2.05) is 25.1 Å². The molecule has 1 aromatic rings. The molecule has 1 aromatic carbocycles. The summed E-state index contributed by atoms with van der Waals surface area (Å²) in [6.07, 6.45) is 1.68. The first-order valence-corrected chi connectivity index (χ1v) is 4.55. The van der Waals surface area contributed by atoms with Crippen molar-refractivity contribution in [1.29, 1.82) is 0 Å². The van der Waals surface area contributed by atoms with Gasteiger partial charge in [0, 0.05) is 17.0 Å². The zero-order valence-electron chi connectivity index (χ0n) is 7.41. The molecule has 0 amide bonds. The fourth-order valence-electron chi connectivity index (χ4n) is 1.06. The average molecular weight is 195 g/mol. The lowest BCUT2D eigenvalue weighted by molar-refractivity contribution is 0.0953. The van der Waals surface area contributed by atoms with Crippen LogP contribution in [0.25, 0.3) is 0 Å². The van der Waals surface area contributed by atoms with E-state index in [-0.39, 0.29) is 11.7 Å². The molecule has 1 rings (SSSR count). The highest BCUT2D eigenvalue weighted by Crippen LogP contribution is 2.09. The minimum Gasteiger partial charge on any atom is -0.294 e. The van der Waals surface area contributed by atoms with E-state index >= 15 is 0 Å². The van der Waals surface area contributed by atoms with Gasteiger partial charge in [-0.25, -0.2) is 0 Å². The number of carbonyl (C=O) groups excluding carboxylic acids is 1. The van der Waals surface area contributed by atoms with Crippen molar-refractivity contribution in [2.75, 3.05) is 0 Å². The normalized spacial score (nSPS) is 13.1. The number of Topliss-reactive ketones (excluding diaryl/α,β-unsaturated/α-hetero) is 1. The van der Waals surface area contributed by atoms with Crippen LogP contribution in [0.2, 0.25) is 0 Å². The van der Waals surface area contributed by atoms with Gasteiger partial charge in [0.15, 0.2) is 5.78 Å². The van der Waals surface area contributed by atoms with E-state index in [0.29, 0.717) is 0 Å². The van der Waals surface area contributed by atoms with Crippen LogP contribution in [0.3, 0.4) is 0 Å². The third-order valence-corrected chi connectivity index (χ3v) is 1.98. The number of allylic oxidation sites excluding steroid dienone is 1. The Morgan fingerprint density at radius 2 is 2.00 bits per heavy atom. The van der Waals surface area contributed by atoms with Crippen LogP contribution in [0.4, 0.5) is 0 Å². The van der Waals surface area contributed by atoms with Crippen molar-refractivity contribution in [1.82, 2.24) is 0 Å². The number of benzene rings is 1. The van der Waals surface area contributed by atoms with Gasteiger partial charge in [0.1, 0.15) is 0 Å². The summed E-state index contributed by atoms with van der Waals surface area (Å²) < 4.78 is 0. The van der Waals surface area contributed by atoms with Crippen LogP contribution in [0, 0.1) is 5.92 Å². The van der Waals surface area contributed by atoms with Crippen molar-refractivity contribution in [2.45, 2.75) is 6.92 Å². The molecule has 13 heavy (non-hydrogen) atoms. The number of ketones is 1. The summed E-state index contributed by atoms with van der Waals surface area (Å²) in [5.74, 6) is -0.0580. The maximum Gasteiger partial charge on any atom is 0.169 e. The Morgan fingerprint density at radius 1 is 1.38 bits per heavy atom. The second-order valence-corrected chi connectivity index (χ2v) is 3.09.